The highest BCUT2D eigenvalue weighted by molar-refractivity contribution is 5.81. The van der Waals surface area contributed by atoms with Gasteiger partial charge in [0.2, 0.25) is 5.41 Å². The fraction of sp³-hybridized carbons (Fsp3) is 0.778. The molecule has 0 heterocycles. The van der Waals surface area contributed by atoms with Crippen molar-refractivity contribution in [2.24, 2.45) is 11.3 Å². The molecule has 0 aliphatic carbocycles. The third-order valence-electron chi connectivity index (χ3n) is 1.92. The Morgan fingerprint density at radius 2 is 1.93 bits per heavy atom. The molecule has 0 aliphatic rings. The molecule has 6 heteroatoms. The predicted molar refractivity (Wildman–Crippen MR) is 45.6 cm³/mol. The summed E-state index contributed by atoms with van der Waals surface area (Å²) in [4.78, 5) is 11.1. The van der Waals surface area contributed by atoms with Gasteiger partial charge in [-0.1, -0.05) is 13.8 Å². The molecule has 0 aliphatic heterocycles. The summed E-state index contributed by atoms with van der Waals surface area (Å²) in [6.45, 7) is 3.00. The number of hydrogen-bond acceptors (Lipinski definition) is 3. The van der Waals surface area contributed by atoms with Crippen LogP contribution < -0.4 is 0 Å². The van der Waals surface area contributed by atoms with Crippen molar-refractivity contribution in [2.45, 2.75) is 26.4 Å². The van der Waals surface area contributed by atoms with Gasteiger partial charge in [0.1, 0.15) is 0 Å². The van der Waals surface area contributed by atoms with E-state index >= 15 is 0 Å². The second kappa shape index (κ2) is 4.51. The van der Waals surface area contributed by atoms with E-state index in [2.05, 4.69) is 4.74 Å². The maximum Gasteiger partial charge on any atom is 0.417 e. The van der Waals surface area contributed by atoms with Crippen molar-refractivity contribution in [3.05, 3.63) is 0 Å². The number of rotatable bonds is 3. The number of hydrogen-bond donors (Lipinski definition) is 0. The normalized spacial score (nSPS) is 15.6. The Morgan fingerprint density at radius 1 is 1.47 bits per heavy atom. The molecule has 0 aromatic rings. The molecule has 15 heavy (non-hydrogen) atoms. The number of halogens is 3. The average molecular weight is 223 g/mol. The second-order valence-electron chi connectivity index (χ2n) is 3.60. The monoisotopic (exact) mass is 223 g/mol. The fourth-order valence-electron chi connectivity index (χ4n) is 1.26. The second-order valence-corrected chi connectivity index (χ2v) is 3.60. The number of alkyl halides is 3. The summed E-state index contributed by atoms with van der Waals surface area (Å²) in [7, 11) is 0.834. The van der Waals surface area contributed by atoms with E-state index in [-0.39, 0.29) is 0 Å². The van der Waals surface area contributed by atoms with Gasteiger partial charge in [-0.05, 0) is 12.3 Å². The highest BCUT2D eigenvalue weighted by Gasteiger charge is 2.62. The lowest BCUT2D eigenvalue weighted by molar-refractivity contribution is -0.220. The first kappa shape index (κ1) is 13.8. The van der Waals surface area contributed by atoms with Crippen molar-refractivity contribution in [1.29, 1.82) is 5.26 Å². The van der Waals surface area contributed by atoms with Gasteiger partial charge in [0.05, 0.1) is 13.2 Å². The van der Waals surface area contributed by atoms with Crippen molar-refractivity contribution in [3.8, 4) is 6.07 Å². The quantitative estimate of drug-likeness (QED) is 0.689. The first-order valence-electron chi connectivity index (χ1n) is 4.27. The number of carbonyl (C=O) groups is 1. The minimum absolute atomic E-state index is 0.439. The van der Waals surface area contributed by atoms with Crippen LogP contribution in [0.5, 0.6) is 0 Å². The summed E-state index contributed by atoms with van der Waals surface area (Å²) in [5, 5.41) is 8.59. The molecule has 3 nitrogen and oxygen atoms in total. The summed E-state index contributed by atoms with van der Waals surface area (Å²) in [6, 6.07) is 1.04. The van der Waals surface area contributed by atoms with E-state index in [1.54, 1.807) is 0 Å². The Labute approximate surface area is 85.8 Å². The van der Waals surface area contributed by atoms with Gasteiger partial charge >= 0.3 is 12.1 Å². The number of nitrogens with zero attached hydrogens (tertiary/aromatic N) is 1. The predicted octanol–water partition coefficient (Wildman–Crippen LogP) is 2.28. The molecule has 0 aromatic carbocycles. The largest absolute Gasteiger partial charge is 0.468 e. The van der Waals surface area contributed by atoms with E-state index < -0.39 is 29.9 Å². The average Bonchev–Trinajstić information content (AvgIpc) is 2.10. The van der Waals surface area contributed by atoms with E-state index in [0.29, 0.717) is 0 Å². The summed E-state index contributed by atoms with van der Waals surface area (Å²) in [6.07, 6.45) is -5.52. The van der Waals surface area contributed by atoms with Gasteiger partial charge in [-0.15, -0.1) is 0 Å². The maximum absolute atomic E-state index is 12.6. The van der Waals surface area contributed by atoms with Crippen molar-refractivity contribution < 1.29 is 22.7 Å². The summed E-state index contributed by atoms with van der Waals surface area (Å²) >= 11 is 0. The lowest BCUT2D eigenvalue weighted by atomic mass is 9.80. The van der Waals surface area contributed by atoms with Gasteiger partial charge in [0.15, 0.2) is 0 Å². The summed E-state index contributed by atoms with van der Waals surface area (Å²) < 4.78 is 42.0. The minimum atomic E-state index is -4.92. The van der Waals surface area contributed by atoms with Gasteiger partial charge in [-0.2, -0.15) is 18.4 Å². The number of esters is 1. The topological polar surface area (TPSA) is 50.1 Å². The lowest BCUT2D eigenvalue weighted by Gasteiger charge is -2.27. The maximum atomic E-state index is 12.6. The number of carbonyl (C=O) groups excluding carboxylic acids is 1. The summed E-state index contributed by atoms with van der Waals surface area (Å²) in [5.41, 5.74) is -3.05. The van der Waals surface area contributed by atoms with Crippen LogP contribution in [0.1, 0.15) is 20.3 Å². The first-order chi connectivity index (χ1) is 6.71. The zero-order valence-electron chi connectivity index (χ0n) is 8.68. The van der Waals surface area contributed by atoms with Crippen molar-refractivity contribution in [2.75, 3.05) is 7.11 Å². The zero-order chi connectivity index (χ0) is 12.3. The highest BCUT2D eigenvalue weighted by Crippen LogP contribution is 2.43. The Kier molecular flexibility index (Phi) is 4.14. The molecule has 0 rings (SSSR count). The molecule has 0 fully saturated rings. The lowest BCUT2D eigenvalue weighted by Crippen LogP contribution is -2.45. The Hall–Kier alpha value is -1.25. The molecule has 0 bridgehead atoms. The van der Waals surface area contributed by atoms with E-state index in [4.69, 9.17) is 5.26 Å². The van der Waals surface area contributed by atoms with Gasteiger partial charge in [-0.25, -0.2) is 4.79 Å². The van der Waals surface area contributed by atoms with E-state index in [9.17, 15) is 18.0 Å². The molecule has 0 N–H and O–H groups in total. The standard InChI is InChI=1S/C9H12F3NO2/c1-6(2)4-8(5-13,7(14)15-3)9(10,11)12/h6H,4H2,1-3H3. The first-order valence-corrected chi connectivity index (χ1v) is 4.27. The number of nitriles is 1. The smallest absolute Gasteiger partial charge is 0.417 e. The van der Waals surface area contributed by atoms with Crippen molar-refractivity contribution >= 4 is 5.97 Å². The molecule has 0 amide bonds. The molecule has 0 saturated carbocycles. The number of methoxy groups -OCH3 is 1. The Bertz CT molecular complexity index is 280. The van der Waals surface area contributed by atoms with E-state index in [0.717, 1.165) is 13.2 Å². The van der Waals surface area contributed by atoms with Gasteiger partial charge in [0.25, 0.3) is 0 Å². The van der Waals surface area contributed by atoms with Crippen molar-refractivity contribution in [1.82, 2.24) is 0 Å². The van der Waals surface area contributed by atoms with Crippen LogP contribution in [0.2, 0.25) is 0 Å². The molecule has 0 saturated heterocycles. The van der Waals surface area contributed by atoms with Crippen LogP contribution in [0.4, 0.5) is 13.2 Å². The van der Waals surface area contributed by atoms with Crippen LogP contribution in [0.25, 0.3) is 0 Å². The molecule has 1 atom stereocenters. The van der Waals surface area contributed by atoms with Crippen LogP contribution in [-0.4, -0.2) is 19.3 Å². The molecular formula is C9H12F3NO2. The van der Waals surface area contributed by atoms with Gasteiger partial charge in [-0.3, -0.25) is 0 Å². The number of ether oxygens (including phenoxy) is 1. The highest BCUT2D eigenvalue weighted by atomic mass is 19.4. The Morgan fingerprint density at radius 3 is 2.13 bits per heavy atom. The zero-order valence-corrected chi connectivity index (χ0v) is 8.68. The summed E-state index contributed by atoms with van der Waals surface area (Å²) in [5.74, 6) is -1.99. The molecule has 0 spiro atoms. The van der Waals surface area contributed by atoms with Gasteiger partial charge in [0, 0.05) is 0 Å². The van der Waals surface area contributed by atoms with E-state index in [1.807, 2.05) is 0 Å². The van der Waals surface area contributed by atoms with Crippen LogP contribution in [0, 0.1) is 22.7 Å². The fourth-order valence-corrected chi connectivity index (χ4v) is 1.26. The van der Waals surface area contributed by atoms with Crippen LogP contribution in [0.15, 0.2) is 0 Å². The Balaban J connectivity index is 5.34. The van der Waals surface area contributed by atoms with Crippen molar-refractivity contribution in [3.63, 3.8) is 0 Å². The minimum Gasteiger partial charge on any atom is -0.468 e. The molecule has 1 unspecified atom stereocenters. The molecular weight excluding hydrogens is 211 g/mol. The molecule has 0 aromatic heterocycles. The van der Waals surface area contributed by atoms with Crippen LogP contribution in [0.3, 0.4) is 0 Å². The van der Waals surface area contributed by atoms with E-state index in [1.165, 1.54) is 13.8 Å². The SMILES string of the molecule is COC(=O)C(C#N)(CC(C)C)C(F)(F)F. The third-order valence-corrected chi connectivity index (χ3v) is 1.92. The third kappa shape index (κ3) is 2.61. The van der Waals surface area contributed by atoms with Gasteiger partial charge < -0.3 is 4.74 Å². The van der Waals surface area contributed by atoms with Crippen LogP contribution >= 0.6 is 0 Å². The molecule has 0 radical (unpaired) electrons. The molecule has 86 valence electrons. The van der Waals surface area contributed by atoms with Crippen LogP contribution in [-0.2, 0) is 9.53 Å².